The molecule has 1 aromatic carbocycles. The lowest BCUT2D eigenvalue weighted by Crippen LogP contribution is -2.35. The molecule has 0 aliphatic carbocycles. The molecule has 2 N–H and O–H groups in total. The Morgan fingerprint density at radius 2 is 1.83 bits per heavy atom. The van der Waals surface area contributed by atoms with E-state index >= 15 is 0 Å². The lowest BCUT2D eigenvalue weighted by Gasteiger charge is -2.23. The lowest BCUT2D eigenvalue weighted by molar-refractivity contribution is -0.139. The fourth-order valence-electron chi connectivity index (χ4n) is 1.90. The Hall–Kier alpha value is -0.540. The van der Waals surface area contributed by atoms with Gasteiger partial charge in [-0.15, -0.1) is 12.4 Å². The third-order valence-corrected chi connectivity index (χ3v) is 5.72. The Labute approximate surface area is 151 Å². The van der Waals surface area contributed by atoms with E-state index in [1.165, 1.54) is 7.05 Å². The second-order valence-corrected chi connectivity index (χ2v) is 8.11. The molecule has 0 saturated heterocycles. The maximum atomic E-state index is 13.1. The van der Waals surface area contributed by atoms with Crippen LogP contribution < -0.4 is 5.73 Å². The van der Waals surface area contributed by atoms with Gasteiger partial charge in [0.2, 0.25) is 10.0 Å². The van der Waals surface area contributed by atoms with E-state index in [1.807, 2.05) is 13.8 Å². The van der Waals surface area contributed by atoms with E-state index in [4.69, 9.17) is 17.3 Å². The molecule has 0 saturated carbocycles. The van der Waals surface area contributed by atoms with Gasteiger partial charge in [0.25, 0.3) is 0 Å². The highest BCUT2D eigenvalue weighted by Gasteiger charge is 2.38. The van der Waals surface area contributed by atoms with Crippen LogP contribution in [0.4, 0.5) is 13.2 Å². The predicted molar refractivity (Wildman–Crippen MR) is 90.9 cm³/mol. The van der Waals surface area contributed by atoms with Crippen molar-refractivity contribution in [1.29, 1.82) is 0 Å². The van der Waals surface area contributed by atoms with Gasteiger partial charge in [-0.05, 0) is 30.5 Å². The summed E-state index contributed by atoms with van der Waals surface area (Å²) in [4.78, 5) is -0.810. The number of sulfonamides is 1. The number of nitrogens with zero attached hydrogens (tertiary/aromatic N) is 1. The summed E-state index contributed by atoms with van der Waals surface area (Å²) in [5.74, 6) is 0.146. The molecule has 0 aliphatic heterocycles. The van der Waals surface area contributed by atoms with Crippen molar-refractivity contribution in [3.8, 4) is 0 Å². The number of alkyl halides is 3. The zero-order chi connectivity index (χ0) is 18.0. The molecular formula is C14H21Cl2F3N2O2S. The highest BCUT2D eigenvalue weighted by atomic mass is 35.5. The van der Waals surface area contributed by atoms with Crippen molar-refractivity contribution in [2.75, 3.05) is 13.6 Å². The molecule has 1 atom stereocenters. The van der Waals surface area contributed by atoms with Crippen LogP contribution in [0, 0.1) is 5.92 Å². The highest BCUT2D eigenvalue weighted by Crippen LogP contribution is 2.36. The molecule has 4 nitrogen and oxygen atoms in total. The average Bonchev–Trinajstić information content (AvgIpc) is 2.42. The Balaban J connectivity index is 0.00000529. The minimum absolute atomic E-state index is 0. The minimum atomic E-state index is -4.82. The Bertz CT molecular complexity index is 652. The second kappa shape index (κ2) is 8.71. The molecule has 10 heteroatoms. The van der Waals surface area contributed by atoms with Crippen LogP contribution in [0.3, 0.4) is 0 Å². The third-order valence-electron chi connectivity index (χ3n) is 3.57. The zero-order valence-electron chi connectivity index (χ0n) is 13.5. The lowest BCUT2D eigenvalue weighted by atomic mass is 10.0. The number of rotatable bonds is 6. The summed E-state index contributed by atoms with van der Waals surface area (Å²) in [7, 11) is -3.06. The van der Waals surface area contributed by atoms with Crippen molar-refractivity contribution >= 4 is 34.0 Å². The summed E-state index contributed by atoms with van der Waals surface area (Å²) in [6, 6.07) is 2.37. The Morgan fingerprint density at radius 3 is 2.29 bits per heavy atom. The van der Waals surface area contributed by atoms with Crippen molar-refractivity contribution in [3.05, 3.63) is 28.8 Å². The van der Waals surface area contributed by atoms with E-state index in [-0.39, 0.29) is 35.9 Å². The van der Waals surface area contributed by atoms with Crippen molar-refractivity contribution in [2.45, 2.75) is 37.4 Å². The first-order valence-electron chi connectivity index (χ1n) is 6.96. The van der Waals surface area contributed by atoms with Crippen LogP contribution in [-0.2, 0) is 16.2 Å². The fourth-order valence-corrected chi connectivity index (χ4v) is 3.45. The molecular weight excluding hydrogens is 388 g/mol. The van der Waals surface area contributed by atoms with Gasteiger partial charge in [-0.25, -0.2) is 12.7 Å². The minimum Gasteiger partial charge on any atom is -0.327 e. The molecule has 1 unspecified atom stereocenters. The smallest absolute Gasteiger partial charge is 0.327 e. The van der Waals surface area contributed by atoms with Crippen molar-refractivity contribution in [2.24, 2.45) is 11.7 Å². The Morgan fingerprint density at radius 1 is 1.29 bits per heavy atom. The molecule has 0 aliphatic rings. The van der Waals surface area contributed by atoms with E-state index in [1.54, 1.807) is 0 Å². The number of halogens is 5. The van der Waals surface area contributed by atoms with Crippen molar-refractivity contribution in [1.82, 2.24) is 4.31 Å². The standard InChI is InChI=1S/C14H20ClF3N2O2S.ClH/c1-9(2)12(19)6-7-20(3)23(21,22)13-5-4-10(15)8-11(13)14(16,17)18;/h4-5,8-9,12H,6-7,19H2,1-3H3;1H. The van der Waals surface area contributed by atoms with Crippen LogP contribution in [0.15, 0.2) is 23.1 Å². The predicted octanol–water partition coefficient (Wildman–Crippen LogP) is 3.77. The monoisotopic (exact) mass is 408 g/mol. The molecule has 1 aromatic rings. The molecule has 0 fully saturated rings. The van der Waals surface area contributed by atoms with Gasteiger partial charge in [0.15, 0.2) is 0 Å². The topological polar surface area (TPSA) is 63.4 Å². The SMILES string of the molecule is CC(C)C(N)CCN(C)S(=O)(=O)c1ccc(Cl)cc1C(F)(F)F.Cl. The van der Waals surface area contributed by atoms with Crippen LogP contribution in [0.2, 0.25) is 5.02 Å². The van der Waals surface area contributed by atoms with Crippen molar-refractivity contribution in [3.63, 3.8) is 0 Å². The van der Waals surface area contributed by atoms with Gasteiger partial charge >= 0.3 is 6.18 Å². The molecule has 1 rings (SSSR count). The number of benzene rings is 1. The number of nitrogens with two attached hydrogens (primary N) is 1. The number of hydrogen-bond donors (Lipinski definition) is 1. The van der Waals surface area contributed by atoms with Gasteiger partial charge in [-0.3, -0.25) is 0 Å². The van der Waals surface area contributed by atoms with E-state index in [9.17, 15) is 21.6 Å². The zero-order valence-corrected chi connectivity index (χ0v) is 15.9. The third kappa shape index (κ3) is 5.77. The van der Waals surface area contributed by atoms with Gasteiger partial charge in [0.05, 0.1) is 10.5 Å². The van der Waals surface area contributed by atoms with Crippen LogP contribution in [0.1, 0.15) is 25.8 Å². The quantitative estimate of drug-likeness (QED) is 0.778. The molecule has 140 valence electrons. The van der Waals surface area contributed by atoms with Gasteiger partial charge in [-0.2, -0.15) is 13.2 Å². The molecule has 0 heterocycles. The average molecular weight is 409 g/mol. The highest BCUT2D eigenvalue weighted by molar-refractivity contribution is 7.89. The molecule has 0 amide bonds. The van der Waals surface area contributed by atoms with Gasteiger partial charge in [0, 0.05) is 24.7 Å². The van der Waals surface area contributed by atoms with Crippen LogP contribution in [0.5, 0.6) is 0 Å². The maximum absolute atomic E-state index is 13.1. The fraction of sp³-hybridized carbons (Fsp3) is 0.571. The van der Waals surface area contributed by atoms with Crippen LogP contribution in [-0.4, -0.2) is 32.4 Å². The van der Waals surface area contributed by atoms with Crippen LogP contribution in [0.25, 0.3) is 0 Å². The number of hydrogen-bond acceptors (Lipinski definition) is 3. The normalized spacial score (nSPS) is 13.9. The maximum Gasteiger partial charge on any atom is 0.417 e. The van der Waals surface area contributed by atoms with E-state index in [0.717, 1.165) is 16.4 Å². The largest absolute Gasteiger partial charge is 0.417 e. The summed E-state index contributed by atoms with van der Waals surface area (Å²) < 4.78 is 65.0. The first kappa shape index (κ1) is 23.5. The van der Waals surface area contributed by atoms with Gasteiger partial charge < -0.3 is 5.73 Å². The summed E-state index contributed by atoms with van der Waals surface area (Å²) in [6.07, 6.45) is -4.47. The Kier molecular flexibility index (Phi) is 8.51. The summed E-state index contributed by atoms with van der Waals surface area (Å²) in [6.45, 7) is 3.81. The van der Waals surface area contributed by atoms with E-state index in [0.29, 0.717) is 12.5 Å². The van der Waals surface area contributed by atoms with Gasteiger partial charge in [0.1, 0.15) is 0 Å². The van der Waals surface area contributed by atoms with E-state index < -0.39 is 26.7 Å². The van der Waals surface area contributed by atoms with E-state index in [2.05, 4.69) is 0 Å². The molecule has 0 aromatic heterocycles. The van der Waals surface area contributed by atoms with Crippen molar-refractivity contribution < 1.29 is 21.6 Å². The van der Waals surface area contributed by atoms with Crippen LogP contribution >= 0.6 is 24.0 Å². The molecule has 0 bridgehead atoms. The summed E-state index contributed by atoms with van der Waals surface area (Å²) in [5.41, 5.74) is 4.57. The molecule has 0 spiro atoms. The van der Waals surface area contributed by atoms with Gasteiger partial charge in [-0.1, -0.05) is 25.4 Å². The molecule has 0 radical (unpaired) electrons. The first-order valence-corrected chi connectivity index (χ1v) is 8.78. The second-order valence-electron chi connectivity index (χ2n) is 5.66. The first-order chi connectivity index (χ1) is 10.4. The summed E-state index contributed by atoms with van der Waals surface area (Å²) >= 11 is 5.57. The molecule has 24 heavy (non-hydrogen) atoms. The summed E-state index contributed by atoms with van der Waals surface area (Å²) in [5, 5.41) is -0.180.